The molecule has 0 aliphatic carbocycles. The summed E-state index contributed by atoms with van der Waals surface area (Å²) >= 11 is 0. The van der Waals surface area contributed by atoms with Crippen LogP contribution in [0.5, 0.6) is 0 Å². The highest BCUT2D eigenvalue weighted by Gasteiger charge is 2.12. The first-order chi connectivity index (χ1) is 9.69. The zero-order chi connectivity index (χ0) is 14.4. The molecule has 1 aromatic heterocycles. The summed E-state index contributed by atoms with van der Waals surface area (Å²) in [5.41, 5.74) is 1.81. The number of halogens is 2. The molecule has 106 valence electrons. The van der Waals surface area contributed by atoms with Crippen molar-refractivity contribution in [2.45, 2.75) is 25.8 Å². The van der Waals surface area contributed by atoms with E-state index in [-0.39, 0.29) is 17.7 Å². The summed E-state index contributed by atoms with van der Waals surface area (Å²) < 4.78 is 26.2. The van der Waals surface area contributed by atoms with Crippen LogP contribution in [0, 0.1) is 11.6 Å². The van der Waals surface area contributed by atoms with Crippen molar-refractivity contribution in [2.24, 2.45) is 0 Å². The van der Waals surface area contributed by atoms with Gasteiger partial charge in [-0.25, -0.2) is 8.78 Å². The molecular formula is C16H18F2N2. The van der Waals surface area contributed by atoms with Gasteiger partial charge in [-0.05, 0) is 48.7 Å². The average molecular weight is 276 g/mol. The van der Waals surface area contributed by atoms with Crippen molar-refractivity contribution < 1.29 is 8.78 Å². The van der Waals surface area contributed by atoms with Crippen molar-refractivity contribution in [3.05, 3.63) is 65.5 Å². The minimum atomic E-state index is -0.343. The highest BCUT2D eigenvalue weighted by Crippen LogP contribution is 2.19. The summed E-state index contributed by atoms with van der Waals surface area (Å²) in [6.07, 6.45) is 4.52. The van der Waals surface area contributed by atoms with Gasteiger partial charge in [-0.15, -0.1) is 0 Å². The molecule has 0 fully saturated rings. The van der Waals surface area contributed by atoms with Gasteiger partial charge in [-0.3, -0.25) is 4.98 Å². The summed E-state index contributed by atoms with van der Waals surface area (Å²) in [5.74, 6) is -0.593. The Morgan fingerprint density at radius 2 is 1.85 bits per heavy atom. The lowest BCUT2D eigenvalue weighted by molar-refractivity contribution is 0.521. The van der Waals surface area contributed by atoms with Crippen LogP contribution < -0.4 is 5.32 Å². The molecule has 0 radical (unpaired) electrons. The SMILES string of the molecule is CCCNC(Cc1ccc(F)cc1)c1cncc(F)c1. The lowest BCUT2D eigenvalue weighted by Crippen LogP contribution is -2.24. The number of aromatic nitrogens is 1. The normalized spacial score (nSPS) is 12.3. The quantitative estimate of drug-likeness (QED) is 0.871. The van der Waals surface area contributed by atoms with Crippen LogP contribution in [-0.2, 0) is 6.42 Å². The molecule has 2 nitrogen and oxygen atoms in total. The van der Waals surface area contributed by atoms with Gasteiger partial charge in [0.1, 0.15) is 11.6 Å². The average Bonchev–Trinajstić information content (AvgIpc) is 2.45. The maximum atomic E-state index is 13.3. The molecule has 4 heteroatoms. The fourth-order valence-corrected chi connectivity index (χ4v) is 2.10. The lowest BCUT2D eigenvalue weighted by atomic mass is 10.00. The summed E-state index contributed by atoms with van der Waals surface area (Å²) in [4.78, 5) is 3.89. The summed E-state index contributed by atoms with van der Waals surface area (Å²) in [6, 6.07) is 7.85. The molecule has 20 heavy (non-hydrogen) atoms. The van der Waals surface area contributed by atoms with E-state index in [0.29, 0.717) is 6.42 Å². The minimum absolute atomic E-state index is 0.0244. The van der Waals surface area contributed by atoms with Crippen LogP contribution in [0.3, 0.4) is 0 Å². The second kappa shape index (κ2) is 7.10. The van der Waals surface area contributed by atoms with Crippen LogP contribution in [0.25, 0.3) is 0 Å². The van der Waals surface area contributed by atoms with Crippen LogP contribution in [-0.4, -0.2) is 11.5 Å². The number of pyridine rings is 1. The number of benzene rings is 1. The van der Waals surface area contributed by atoms with E-state index >= 15 is 0 Å². The third-order valence-corrected chi connectivity index (χ3v) is 3.12. The van der Waals surface area contributed by atoms with Crippen LogP contribution >= 0.6 is 0 Å². The number of nitrogens with zero attached hydrogens (tertiary/aromatic N) is 1. The van der Waals surface area contributed by atoms with Gasteiger partial charge in [0.15, 0.2) is 0 Å². The van der Waals surface area contributed by atoms with Gasteiger partial charge < -0.3 is 5.32 Å². The number of nitrogens with one attached hydrogen (secondary N) is 1. The standard InChI is InChI=1S/C16H18F2N2/c1-2-7-20-16(13-9-15(18)11-19-10-13)8-12-3-5-14(17)6-4-12/h3-6,9-11,16,20H,2,7-8H2,1H3. The van der Waals surface area contributed by atoms with Crippen molar-refractivity contribution in [3.63, 3.8) is 0 Å². The smallest absolute Gasteiger partial charge is 0.141 e. The highest BCUT2D eigenvalue weighted by atomic mass is 19.1. The Balaban J connectivity index is 2.16. The third-order valence-electron chi connectivity index (χ3n) is 3.12. The van der Waals surface area contributed by atoms with E-state index in [1.54, 1.807) is 18.3 Å². The van der Waals surface area contributed by atoms with Crippen LogP contribution in [0.2, 0.25) is 0 Å². The monoisotopic (exact) mass is 276 g/mol. The summed E-state index contributed by atoms with van der Waals surface area (Å²) in [7, 11) is 0. The lowest BCUT2D eigenvalue weighted by Gasteiger charge is -2.19. The molecule has 0 saturated heterocycles. The van der Waals surface area contributed by atoms with E-state index in [2.05, 4.69) is 17.2 Å². The van der Waals surface area contributed by atoms with E-state index in [9.17, 15) is 8.78 Å². The Kier molecular flexibility index (Phi) is 5.18. The maximum Gasteiger partial charge on any atom is 0.141 e. The predicted molar refractivity (Wildman–Crippen MR) is 75.3 cm³/mol. The molecular weight excluding hydrogens is 258 g/mol. The van der Waals surface area contributed by atoms with Crippen molar-refractivity contribution in [1.29, 1.82) is 0 Å². The summed E-state index contributed by atoms with van der Waals surface area (Å²) in [6.45, 7) is 2.91. The summed E-state index contributed by atoms with van der Waals surface area (Å²) in [5, 5.41) is 3.38. The van der Waals surface area contributed by atoms with Gasteiger partial charge in [-0.1, -0.05) is 19.1 Å². The zero-order valence-electron chi connectivity index (χ0n) is 11.4. The van der Waals surface area contributed by atoms with Crippen molar-refractivity contribution in [3.8, 4) is 0 Å². The maximum absolute atomic E-state index is 13.3. The Morgan fingerprint density at radius 3 is 2.50 bits per heavy atom. The van der Waals surface area contributed by atoms with Crippen LogP contribution in [0.15, 0.2) is 42.7 Å². The van der Waals surface area contributed by atoms with Crippen molar-refractivity contribution >= 4 is 0 Å². The zero-order valence-corrected chi connectivity index (χ0v) is 11.4. The molecule has 0 aliphatic rings. The first-order valence-corrected chi connectivity index (χ1v) is 6.77. The highest BCUT2D eigenvalue weighted by molar-refractivity contribution is 5.22. The first kappa shape index (κ1) is 14.6. The Labute approximate surface area is 117 Å². The second-order valence-corrected chi connectivity index (χ2v) is 4.77. The molecule has 1 atom stereocenters. The van der Waals surface area contributed by atoms with E-state index in [1.807, 2.05) is 0 Å². The molecule has 0 aliphatic heterocycles. The van der Waals surface area contributed by atoms with Crippen LogP contribution in [0.4, 0.5) is 8.78 Å². The largest absolute Gasteiger partial charge is 0.310 e. The van der Waals surface area contributed by atoms with Gasteiger partial charge >= 0.3 is 0 Å². The van der Waals surface area contributed by atoms with Crippen molar-refractivity contribution in [1.82, 2.24) is 10.3 Å². The van der Waals surface area contributed by atoms with Gasteiger partial charge in [0, 0.05) is 12.2 Å². The number of hydrogen-bond donors (Lipinski definition) is 1. The van der Waals surface area contributed by atoms with Crippen LogP contribution in [0.1, 0.15) is 30.5 Å². The molecule has 0 saturated carbocycles. The van der Waals surface area contributed by atoms with E-state index in [4.69, 9.17) is 0 Å². The third kappa shape index (κ3) is 4.10. The predicted octanol–water partition coefficient (Wildman–Crippen LogP) is 3.64. The molecule has 1 unspecified atom stereocenters. The second-order valence-electron chi connectivity index (χ2n) is 4.77. The molecule has 1 N–H and O–H groups in total. The Hall–Kier alpha value is -1.81. The van der Waals surface area contributed by atoms with E-state index < -0.39 is 0 Å². The molecule has 0 spiro atoms. The molecule has 0 bridgehead atoms. The molecule has 2 aromatic rings. The van der Waals surface area contributed by atoms with Gasteiger partial charge in [0.05, 0.1) is 6.20 Å². The minimum Gasteiger partial charge on any atom is -0.310 e. The number of hydrogen-bond acceptors (Lipinski definition) is 2. The van der Waals surface area contributed by atoms with Gasteiger partial charge in [-0.2, -0.15) is 0 Å². The van der Waals surface area contributed by atoms with Gasteiger partial charge in [0.2, 0.25) is 0 Å². The fraction of sp³-hybridized carbons (Fsp3) is 0.312. The molecule has 1 aromatic carbocycles. The molecule has 2 rings (SSSR count). The fourth-order valence-electron chi connectivity index (χ4n) is 2.10. The Morgan fingerprint density at radius 1 is 1.10 bits per heavy atom. The Bertz CT molecular complexity index is 540. The topological polar surface area (TPSA) is 24.9 Å². The van der Waals surface area contributed by atoms with Gasteiger partial charge in [0.25, 0.3) is 0 Å². The molecule has 1 heterocycles. The first-order valence-electron chi connectivity index (χ1n) is 6.77. The number of rotatable bonds is 6. The molecule has 0 amide bonds. The van der Waals surface area contributed by atoms with Crippen molar-refractivity contribution in [2.75, 3.05) is 6.54 Å². The van der Waals surface area contributed by atoms with E-state index in [1.165, 1.54) is 24.4 Å². The van der Waals surface area contributed by atoms with E-state index in [0.717, 1.165) is 24.1 Å².